The number of piperazine rings is 1. The third kappa shape index (κ3) is 5.43. The van der Waals surface area contributed by atoms with Crippen LogP contribution in [0, 0.1) is 0 Å². The molecule has 5 rings (SSSR count). The second-order valence-electron chi connectivity index (χ2n) is 8.78. The molecule has 33 heavy (non-hydrogen) atoms. The summed E-state index contributed by atoms with van der Waals surface area (Å²) in [7, 11) is 3.72. The van der Waals surface area contributed by atoms with Crippen molar-refractivity contribution in [2.75, 3.05) is 51.3 Å². The number of halogens is 2. The highest BCUT2D eigenvalue weighted by Gasteiger charge is 2.34. The van der Waals surface area contributed by atoms with Gasteiger partial charge in [0.15, 0.2) is 0 Å². The van der Waals surface area contributed by atoms with Gasteiger partial charge in [0, 0.05) is 11.8 Å². The third-order valence-corrected chi connectivity index (χ3v) is 8.02. The number of benzene rings is 2. The van der Waals surface area contributed by atoms with Crippen molar-refractivity contribution < 1.29 is 38.6 Å². The van der Waals surface area contributed by atoms with Gasteiger partial charge in [-0.05, 0) is 72.1 Å². The highest BCUT2D eigenvalue weighted by atomic mass is 35.5. The zero-order valence-corrected chi connectivity index (χ0v) is 21.5. The molecule has 0 atom stereocenters. The van der Waals surface area contributed by atoms with Crippen molar-refractivity contribution in [2.45, 2.75) is 19.3 Å². The minimum absolute atomic E-state index is 0. The number of piperidine rings is 1. The first-order chi connectivity index (χ1) is 15.2. The normalized spacial score (nSPS) is 17.7. The van der Waals surface area contributed by atoms with Gasteiger partial charge in [-0.25, -0.2) is 4.57 Å². The van der Waals surface area contributed by atoms with E-state index < -0.39 is 0 Å². The first-order valence-electron chi connectivity index (χ1n) is 11.2. The lowest BCUT2D eigenvalue weighted by Crippen LogP contribution is -3.00. The molecule has 0 radical (unpaired) electrons. The van der Waals surface area contributed by atoms with Crippen molar-refractivity contribution in [2.24, 2.45) is 17.3 Å². The first kappa shape index (κ1) is 25.7. The summed E-state index contributed by atoms with van der Waals surface area (Å²) in [5.41, 5.74) is 3.32. The fourth-order valence-corrected chi connectivity index (χ4v) is 5.94. The molecule has 0 N–H and O–H groups in total. The number of azo groups is 1. The van der Waals surface area contributed by atoms with Crippen LogP contribution in [0.3, 0.4) is 0 Å². The summed E-state index contributed by atoms with van der Waals surface area (Å²) in [6.45, 7) is 7.65. The summed E-state index contributed by atoms with van der Waals surface area (Å²) in [4.78, 5) is 2.53. The van der Waals surface area contributed by atoms with Crippen LogP contribution in [0.15, 0.2) is 52.7 Å². The topological polar surface area (TPSA) is 41.1 Å². The second-order valence-corrected chi connectivity index (χ2v) is 9.79. The van der Waals surface area contributed by atoms with E-state index in [4.69, 9.17) is 4.74 Å². The van der Waals surface area contributed by atoms with E-state index in [1.54, 1.807) is 18.4 Å². The van der Waals surface area contributed by atoms with Crippen LogP contribution in [0.5, 0.6) is 5.75 Å². The lowest BCUT2D eigenvalue weighted by atomic mass is 10.1. The van der Waals surface area contributed by atoms with E-state index in [0.717, 1.165) is 39.9 Å². The molecule has 1 aromatic heterocycles. The maximum atomic E-state index is 5.33. The van der Waals surface area contributed by atoms with E-state index >= 15 is 0 Å². The number of hydrogen-bond acceptors (Lipinski definition) is 5. The maximum absolute atomic E-state index is 5.33. The Bertz CT molecular complexity index is 1090. The summed E-state index contributed by atoms with van der Waals surface area (Å²) in [6.07, 6.45) is 4.24. The minimum Gasteiger partial charge on any atom is -1.00 e. The third-order valence-electron chi connectivity index (χ3n) is 6.94. The van der Waals surface area contributed by atoms with Crippen molar-refractivity contribution in [3.63, 3.8) is 0 Å². The Morgan fingerprint density at radius 3 is 2.27 bits per heavy atom. The number of methoxy groups -OCH3 is 1. The van der Waals surface area contributed by atoms with E-state index in [2.05, 4.69) is 50.0 Å². The highest BCUT2D eigenvalue weighted by Crippen LogP contribution is 2.31. The number of ether oxygens (including phenoxy) is 1. The molecule has 1 spiro atoms. The number of hydrogen-bond donors (Lipinski definition) is 0. The molecule has 2 fully saturated rings. The summed E-state index contributed by atoms with van der Waals surface area (Å²) in [5.74, 6) is 0.861. The van der Waals surface area contributed by atoms with Gasteiger partial charge in [-0.15, -0.1) is 0 Å². The molecule has 9 heteroatoms. The van der Waals surface area contributed by atoms with Gasteiger partial charge in [-0.3, -0.25) is 0 Å². The Morgan fingerprint density at radius 2 is 1.61 bits per heavy atom. The fraction of sp³-hybridized carbons (Fsp3) is 0.458. The number of anilines is 1. The van der Waals surface area contributed by atoms with E-state index in [-0.39, 0.29) is 24.8 Å². The molecule has 6 nitrogen and oxygen atoms in total. The number of rotatable bonds is 4. The van der Waals surface area contributed by atoms with Crippen molar-refractivity contribution >= 4 is 38.1 Å². The molecular formula is C24H31Cl2N5OS. The lowest BCUT2D eigenvalue weighted by Gasteiger charge is -2.47. The molecular weight excluding hydrogens is 477 g/mol. The molecule has 0 saturated carbocycles. The predicted octanol–water partition coefficient (Wildman–Crippen LogP) is -1.02. The van der Waals surface area contributed by atoms with Crippen molar-refractivity contribution in [3.8, 4) is 5.75 Å². The van der Waals surface area contributed by atoms with Crippen molar-refractivity contribution in [1.82, 2.24) is 0 Å². The summed E-state index contributed by atoms with van der Waals surface area (Å²) in [6, 6.07) is 14.6. The molecule has 3 heterocycles. The van der Waals surface area contributed by atoms with Gasteiger partial charge in [0.25, 0.3) is 0 Å². The largest absolute Gasteiger partial charge is 1.00 e. The predicted molar refractivity (Wildman–Crippen MR) is 126 cm³/mol. The molecule has 0 bridgehead atoms. The van der Waals surface area contributed by atoms with Gasteiger partial charge in [-0.2, -0.15) is 0 Å². The molecule has 0 amide bonds. The highest BCUT2D eigenvalue weighted by molar-refractivity contribution is 7.21. The lowest BCUT2D eigenvalue weighted by molar-refractivity contribution is -0.932. The summed E-state index contributed by atoms with van der Waals surface area (Å²) in [5, 5.41) is 9.88. The Morgan fingerprint density at radius 1 is 0.909 bits per heavy atom. The van der Waals surface area contributed by atoms with Crippen molar-refractivity contribution in [1.29, 1.82) is 0 Å². The fourth-order valence-electron chi connectivity index (χ4n) is 4.95. The molecule has 0 unspecified atom stereocenters. The molecule has 178 valence electrons. The van der Waals surface area contributed by atoms with Crippen LogP contribution >= 0.6 is 11.3 Å². The second kappa shape index (κ2) is 11.0. The molecule has 3 aromatic rings. The Kier molecular flexibility index (Phi) is 8.56. The molecule has 2 aromatic carbocycles. The van der Waals surface area contributed by atoms with Gasteiger partial charge in [0.05, 0.1) is 63.2 Å². The number of thiazole rings is 1. The van der Waals surface area contributed by atoms with E-state index in [0.29, 0.717) is 0 Å². The van der Waals surface area contributed by atoms with E-state index in [1.807, 2.05) is 19.2 Å². The minimum atomic E-state index is 0. The van der Waals surface area contributed by atoms with Crippen LogP contribution in [0.4, 0.5) is 16.5 Å². The number of aryl methyl sites for hydroxylation is 1. The maximum Gasteiger partial charge on any atom is 0.409 e. The Hall–Kier alpha value is -1.93. The average Bonchev–Trinajstić information content (AvgIpc) is 3.14. The molecule has 2 aliphatic heterocycles. The SMILES string of the molecule is COc1ccc2c(c1)sc(N=Nc1ccc(N3CC[N+]4(CCCCC4)CC3)cc1)[n+]2C.[Cl-].[Cl-]. The number of fused-ring (bicyclic) bond motifs is 1. The van der Waals surface area contributed by atoms with Crippen LogP contribution in [-0.2, 0) is 7.05 Å². The number of nitrogens with zero attached hydrogens (tertiary/aromatic N) is 5. The summed E-state index contributed by atoms with van der Waals surface area (Å²) < 4.78 is 9.90. The average molecular weight is 509 g/mol. The van der Waals surface area contributed by atoms with Crippen LogP contribution in [0.25, 0.3) is 10.2 Å². The zero-order chi connectivity index (χ0) is 21.3. The molecule has 2 aliphatic rings. The van der Waals surface area contributed by atoms with Gasteiger partial charge < -0.3 is 38.9 Å². The quantitative estimate of drug-likeness (QED) is 0.257. The first-order valence-corrected chi connectivity index (χ1v) is 12.1. The van der Waals surface area contributed by atoms with Gasteiger partial charge in [0.2, 0.25) is 0 Å². The van der Waals surface area contributed by atoms with Crippen LogP contribution in [0.1, 0.15) is 19.3 Å². The summed E-state index contributed by atoms with van der Waals surface area (Å²) >= 11 is 1.62. The molecule has 0 aliphatic carbocycles. The smallest absolute Gasteiger partial charge is 0.409 e. The Labute approximate surface area is 212 Å². The van der Waals surface area contributed by atoms with Crippen molar-refractivity contribution in [3.05, 3.63) is 42.5 Å². The Balaban J connectivity index is 0.00000153. The van der Waals surface area contributed by atoms with E-state index in [1.165, 1.54) is 55.6 Å². The zero-order valence-electron chi connectivity index (χ0n) is 19.2. The van der Waals surface area contributed by atoms with Crippen LogP contribution in [0.2, 0.25) is 0 Å². The van der Waals surface area contributed by atoms with Crippen LogP contribution in [-0.4, -0.2) is 50.9 Å². The van der Waals surface area contributed by atoms with Gasteiger partial charge >= 0.3 is 5.13 Å². The molecule has 2 saturated heterocycles. The number of aromatic nitrogens is 1. The van der Waals surface area contributed by atoms with Crippen LogP contribution < -0.4 is 39.0 Å². The van der Waals surface area contributed by atoms with Gasteiger partial charge in [-0.1, -0.05) is 0 Å². The van der Waals surface area contributed by atoms with Gasteiger partial charge in [0.1, 0.15) is 17.0 Å². The standard InChI is InChI=1S/C24H31N5OS.2ClH/c1-27-22-11-10-21(30-2)18-23(22)31-24(27)26-25-19-6-8-20(9-7-19)28-12-16-29(17-13-28)14-4-3-5-15-29;;/h6-11,18H,3-5,12-17H2,1-2H3;2*1H/q+2;;/p-2. The van der Waals surface area contributed by atoms with E-state index in [9.17, 15) is 0 Å². The number of quaternary nitrogens is 1. The monoisotopic (exact) mass is 507 g/mol.